The van der Waals surface area contributed by atoms with Crippen molar-refractivity contribution < 1.29 is 19.7 Å². The Balaban J connectivity index is 1.45. The van der Waals surface area contributed by atoms with E-state index in [0.29, 0.717) is 6.54 Å². The molecule has 1 amide bonds. The molecule has 5 heteroatoms. The minimum Gasteiger partial charge on any atom is -0.508 e. The van der Waals surface area contributed by atoms with Crippen molar-refractivity contribution in [3.63, 3.8) is 0 Å². The van der Waals surface area contributed by atoms with Crippen molar-refractivity contribution in [2.45, 2.75) is 44.2 Å². The molecule has 3 rings (SSSR count). The molecule has 0 spiro atoms. The molecule has 25 heavy (non-hydrogen) atoms. The Labute approximate surface area is 147 Å². The summed E-state index contributed by atoms with van der Waals surface area (Å²) in [6.07, 6.45) is 2.74. The van der Waals surface area contributed by atoms with Crippen LogP contribution >= 0.6 is 0 Å². The number of nitrogens with one attached hydrogen (secondary N) is 1. The lowest BCUT2D eigenvalue weighted by Gasteiger charge is -2.29. The van der Waals surface area contributed by atoms with Crippen molar-refractivity contribution in [1.82, 2.24) is 5.32 Å². The van der Waals surface area contributed by atoms with Crippen LogP contribution in [0.4, 0.5) is 4.79 Å². The zero-order chi connectivity index (χ0) is 17.6. The number of aromatic hydroxyl groups is 2. The van der Waals surface area contributed by atoms with Gasteiger partial charge in [0.1, 0.15) is 17.6 Å². The van der Waals surface area contributed by atoms with E-state index in [4.69, 9.17) is 4.74 Å². The van der Waals surface area contributed by atoms with Crippen molar-refractivity contribution in [2.75, 3.05) is 0 Å². The normalized spacial score (nSPS) is 20.0. The van der Waals surface area contributed by atoms with Crippen LogP contribution in [-0.2, 0) is 11.3 Å². The number of alkyl carbamates (subject to hydrolysis) is 1. The van der Waals surface area contributed by atoms with Gasteiger partial charge in [0.25, 0.3) is 0 Å². The van der Waals surface area contributed by atoms with Crippen LogP contribution in [0.1, 0.15) is 42.7 Å². The smallest absolute Gasteiger partial charge is 0.407 e. The minimum absolute atomic E-state index is 0.0633. The molecule has 1 fully saturated rings. The highest BCUT2D eigenvalue weighted by Gasteiger charge is 2.26. The van der Waals surface area contributed by atoms with Crippen molar-refractivity contribution in [1.29, 1.82) is 0 Å². The third kappa shape index (κ3) is 4.66. The Morgan fingerprint density at radius 3 is 2.44 bits per heavy atom. The average Bonchev–Trinajstić information content (AvgIpc) is 2.62. The molecule has 1 aliphatic rings. The van der Waals surface area contributed by atoms with Gasteiger partial charge in [-0.25, -0.2) is 4.79 Å². The summed E-state index contributed by atoms with van der Waals surface area (Å²) in [5.41, 5.74) is 1.88. The fraction of sp³-hybridized carbons (Fsp3) is 0.350. The number of benzene rings is 2. The van der Waals surface area contributed by atoms with Gasteiger partial charge in [-0.1, -0.05) is 36.4 Å². The number of carbonyl (C=O) groups is 1. The standard InChI is InChI=1S/C20H23NO4/c22-16-8-11-18(19(23)12-16)15-6-9-17(10-7-15)25-20(24)21-13-14-4-2-1-3-5-14/h1-5,8,11-12,15,17,22-23H,6-7,9-10,13H2,(H,21,24). The van der Waals surface area contributed by atoms with Crippen LogP contribution in [0.5, 0.6) is 11.5 Å². The largest absolute Gasteiger partial charge is 0.508 e. The van der Waals surface area contributed by atoms with Crippen LogP contribution in [0.3, 0.4) is 0 Å². The van der Waals surface area contributed by atoms with Gasteiger partial charge in [-0.3, -0.25) is 0 Å². The first-order valence-corrected chi connectivity index (χ1v) is 8.62. The third-order valence-corrected chi connectivity index (χ3v) is 4.68. The van der Waals surface area contributed by atoms with Gasteiger partial charge in [-0.15, -0.1) is 0 Å². The van der Waals surface area contributed by atoms with E-state index in [9.17, 15) is 15.0 Å². The van der Waals surface area contributed by atoms with Gasteiger partial charge in [0.2, 0.25) is 0 Å². The summed E-state index contributed by atoms with van der Waals surface area (Å²) in [5.74, 6) is 0.422. The molecular weight excluding hydrogens is 318 g/mol. The zero-order valence-electron chi connectivity index (χ0n) is 14.0. The summed E-state index contributed by atoms with van der Waals surface area (Å²) in [5, 5.41) is 22.1. The Hall–Kier alpha value is -2.69. The monoisotopic (exact) mass is 341 g/mol. The minimum atomic E-state index is -0.389. The Morgan fingerprint density at radius 1 is 1.04 bits per heavy atom. The Morgan fingerprint density at radius 2 is 1.76 bits per heavy atom. The zero-order valence-corrected chi connectivity index (χ0v) is 14.0. The van der Waals surface area contributed by atoms with Gasteiger partial charge in [0, 0.05) is 12.6 Å². The van der Waals surface area contributed by atoms with E-state index in [1.165, 1.54) is 6.07 Å². The highest BCUT2D eigenvalue weighted by atomic mass is 16.6. The first-order valence-electron chi connectivity index (χ1n) is 8.62. The summed E-state index contributed by atoms with van der Waals surface area (Å²) >= 11 is 0. The summed E-state index contributed by atoms with van der Waals surface area (Å²) in [7, 11) is 0. The second-order valence-corrected chi connectivity index (χ2v) is 6.46. The van der Waals surface area contributed by atoms with Crippen LogP contribution in [0.2, 0.25) is 0 Å². The molecular formula is C20H23NO4. The van der Waals surface area contributed by atoms with E-state index in [2.05, 4.69) is 5.32 Å². The summed E-state index contributed by atoms with van der Waals surface area (Å²) in [6, 6.07) is 14.4. The van der Waals surface area contributed by atoms with Crippen LogP contribution in [-0.4, -0.2) is 22.4 Å². The fourth-order valence-electron chi connectivity index (χ4n) is 3.33. The van der Waals surface area contributed by atoms with E-state index in [1.54, 1.807) is 12.1 Å². The highest BCUT2D eigenvalue weighted by Crippen LogP contribution is 2.39. The van der Waals surface area contributed by atoms with Crippen LogP contribution < -0.4 is 5.32 Å². The lowest BCUT2D eigenvalue weighted by Crippen LogP contribution is -2.30. The van der Waals surface area contributed by atoms with E-state index < -0.39 is 0 Å². The highest BCUT2D eigenvalue weighted by molar-refractivity contribution is 5.67. The van der Waals surface area contributed by atoms with Crippen LogP contribution in [0, 0.1) is 0 Å². The first-order chi connectivity index (χ1) is 12.1. The van der Waals surface area contributed by atoms with Gasteiger partial charge in [-0.05, 0) is 48.8 Å². The van der Waals surface area contributed by atoms with E-state index >= 15 is 0 Å². The maximum atomic E-state index is 11.9. The molecule has 1 aliphatic carbocycles. The van der Waals surface area contributed by atoms with Crippen LogP contribution in [0.15, 0.2) is 48.5 Å². The molecule has 5 nitrogen and oxygen atoms in total. The van der Waals surface area contributed by atoms with Gasteiger partial charge < -0.3 is 20.3 Å². The Kier molecular flexibility index (Phi) is 5.43. The maximum Gasteiger partial charge on any atom is 0.407 e. The maximum absolute atomic E-state index is 11.9. The molecule has 132 valence electrons. The number of amides is 1. The molecule has 0 radical (unpaired) electrons. The van der Waals surface area contributed by atoms with Crippen LogP contribution in [0.25, 0.3) is 0 Å². The second kappa shape index (κ2) is 7.92. The van der Waals surface area contributed by atoms with Gasteiger partial charge in [0.15, 0.2) is 0 Å². The number of phenols is 2. The molecule has 0 saturated heterocycles. The number of carbonyl (C=O) groups excluding carboxylic acids is 1. The molecule has 1 saturated carbocycles. The van der Waals surface area contributed by atoms with Crippen molar-refractivity contribution in [3.05, 3.63) is 59.7 Å². The molecule has 0 atom stereocenters. The molecule has 2 aromatic rings. The Bertz CT molecular complexity index is 709. The quantitative estimate of drug-likeness (QED) is 0.784. The van der Waals surface area contributed by atoms with E-state index in [0.717, 1.165) is 36.8 Å². The van der Waals surface area contributed by atoms with Crippen molar-refractivity contribution >= 4 is 6.09 Å². The fourth-order valence-corrected chi connectivity index (χ4v) is 3.33. The number of hydrogen-bond acceptors (Lipinski definition) is 4. The SMILES string of the molecule is O=C(NCc1ccccc1)OC1CCC(c2ccc(O)cc2O)CC1. The topological polar surface area (TPSA) is 78.8 Å². The predicted octanol–water partition coefficient (Wildman–Crippen LogP) is 4.05. The molecule has 2 aromatic carbocycles. The number of phenolic OH excluding ortho intramolecular Hbond substituents is 2. The lowest BCUT2D eigenvalue weighted by molar-refractivity contribution is 0.0709. The number of ether oxygens (including phenoxy) is 1. The lowest BCUT2D eigenvalue weighted by atomic mass is 9.82. The van der Waals surface area contributed by atoms with E-state index in [-0.39, 0.29) is 29.6 Å². The number of rotatable bonds is 4. The second-order valence-electron chi connectivity index (χ2n) is 6.46. The summed E-state index contributed by atoms with van der Waals surface area (Å²) in [6.45, 7) is 0.455. The molecule has 3 N–H and O–H groups in total. The molecule has 0 unspecified atom stereocenters. The molecule has 0 aliphatic heterocycles. The molecule has 0 aromatic heterocycles. The third-order valence-electron chi connectivity index (χ3n) is 4.68. The van der Waals surface area contributed by atoms with Crippen molar-refractivity contribution in [3.8, 4) is 11.5 Å². The van der Waals surface area contributed by atoms with Gasteiger partial charge in [0.05, 0.1) is 0 Å². The van der Waals surface area contributed by atoms with Gasteiger partial charge in [-0.2, -0.15) is 0 Å². The predicted molar refractivity (Wildman–Crippen MR) is 94.5 cm³/mol. The van der Waals surface area contributed by atoms with E-state index in [1.807, 2.05) is 30.3 Å². The van der Waals surface area contributed by atoms with Gasteiger partial charge >= 0.3 is 6.09 Å². The summed E-state index contributed by atoms with van der Waals surface area (Å²) in [4.78, 5) is 11.9. The van der Waals surface area contributed by atoms with Crippen molar-refractivity contribution in [2.24, 2.45) is 0 Å². The first kappa shape index (κ1) is 17.1. The summed E-state index contributed by atoms with van der Waals surface area (Å²) < 4.78 is 5.49. The molecule has 0 heterocycles. The average molecular weight is 341 g/mol. The molecule has 0 bridgehead atoms. The number of hydrogen-bond donors (Lipinski definition) is 3.